The van der Waals surface area contributed by atoms with Crippen LogP contribution in [0.25, 0.3) is 0 Å². The summed E-state index contributed by atoms with van der Waals surface area (Å²) >= 11 is 0. The zero-order chi connectivity index (χ0) is 13.4. The van der Waals surface area contributed by atoms with E-state index in [0.717, 1.165) is 5.56 Å². The Morgan fingerprint density at radius 2 is 2.06 bits per heavy atom. The fraction of sp³-hybridized carbons (Fsp3) is 0.357. The zero-order valence-electron chi connectivity index (χ0n) is 10.7. The molecule has 0 radical (unpaired) electrons. The Morgan fingerprint density at radius 1 is 1.39 bits per heavy atom. The molecule has 0 aliphatic rings. The number of rotatable bonds is 6. The van der Waals surface area contributed by atoms with Crippen LogP contribution in [-0.4, -0.2) is 18.0 Å². The Hall–Kier alpha value is -1.83. The molecule has 1 rings (SSSR count). The molecule has 4 nitrogen and oxygen atoms in total. The summed E-state index contributed by atoms with van der Waals surface area (Å²) in [7, 11) is 0. The van der Waals surface area contributed by atoms with Crippen LogP contribution >= 0.6 is 0 Å². The number of nitrogens with one attached hydrogen (secondary N) is 2. The lowest BCUT2D eigenvalue weighted by Crippen LogP contribution is -2.52. The molecule has 0 fully saturated rings. The van der Waals surface area contributed by atoms with E-state index in [-0.39, 0.29) is 5.91 Å². The summed E-state index contributed by atoms with van der Waals surface area (Å²) in [6.45, 7) is 4.15. The molecule has 0 spiro atoms. The lowest BCUT2D eigenvalue weighted by Gasteiger charge is -2.23. The van der Waals surface area contributed by atoms with Gasteiger partial charge in [0.05, 0.1) is 18.7 Å². The normalized spacial score (nSPS) is 10.7. The van der Waals surface area contributed by atoms with Crippen molar-refractivity contribution in [2.24, 2.45) is 0 Å². The molecule has 0 unspecified atom stereocenters. The lowest BCUT2D eigenvalue weighted by atomic mass is 10.1. The van der Waals surface area contributed by atoms with Crippen LogP contribution in [0.4, 0.5) is 0 Å². The third kappa shape index (κ3) is 4.58. The van der Waals surface area contributed by atoms with Crippen molar-refractivity contribution in [3.05, 3.63) is 35.9 Å². The highest BCUT2D eigenvalue weighted by Gasteiger charge is 2.26. The van der Waals surface area contributed by atoms with Gasteiger partial charge in [-0.15, -0.1) is 6.42 Å². The minimum atomic E-state index is -0.761. The van der Waals surface area contributed by atoms with Crippen molar-refractivity contribution in [3.8, 4) is 12.3 Å². The zero-order valence-corrected chi connectivity index (χ0v) is 10.7. The van der Waals surface area contributed by atoms with Crippen LogP contribution in [0, 0.1) is 12.3 Å². The molecule has 0 aliphatic heterocycles. The van der Waals surface area contributed by atoms with Crippen LogP contribution in [-0.2, 0) is 16.2 Å². The molecule has 1 amide bonds. The van der Waals surface area contributed by atoms with Gasteiger partial charge >= 0.3 is 0 Å². The lowest BCUT2D eigenvalue weighted by molar-refractivity contribution is -0.140. The summed E-state index contributed by atoms with van der Waals surface area (Å²) in [6, 6.07) is 9.61. The van der Waals surface area contributed by atoms with Gasteiger partial charge in [0.25, 0.3) is 5.91 Å². The van der Waals surface area contributed by atoms with Gasteiger partial charge in [-0.2, -0.15) is 0 Å². The number of benzene rings is 1. The average molecular weight is 246 g/mol. The molecule has 2 N–H and O–H groups in total. The first kappa shape index (κ1) is 14.2. The van der Waals surface area contributed by atoms with E-state index in [2.05, 4.69) is 16.7 Å². The maximum atomic E-state index is 11.8. The minimum Gasteiger partial charge on any atom is -0.293 e. The van der Waals surface area contributed by atoms with Gasteiger partial charge in [0.15, 0.2) is 0 Å². The van der Waals surface area contributed by atoms with E-state index in [1.807, 2.05) is 30.3 Å². The number of carbonyl (C=O) groups is 1. The van der Waals surface area contributed by atoms with Crippen molar-refractivity contribution < 1.29 is 9.63 Å². The largest absolute Gasteiger partial charge is 0.293 e. The number of hydroxylamine groups is 1. The smallest absolute Gasteiger partial charge is 0.263 e. The van der Waals surface area contributed by atoms with Gasteiger partial charge in [0, 0.05) is 0 Å². The molecule has 0 atom stereocenters. The van der Waals surface area contributed by atoms with E-state index in [0.29, 0.717) is 13.2 Å². The quantitative estimate of drug-likeness (QED) is 0.586. The van der Waals surface area contributed by atoms with E-state index in [4.69, 9.17) is 11.3 Å². The van der Waals surface area contributed by atoms with Crippen LogP contribution in [0.3, 0.4) is 0 Å². The first-order valence-electron chi connectivity index (χ1n) is 5.71. The number of hydrogen-bond donors (Lipinski definition) is 2. The third-order valence-corrected chi connectivity index (χ3v) is 2.45. The Balaban J connectivity index is 2.35. The predicted octanol–water partition coefficient (Wildman–Crippen LogP) is 1.24. The van der Waals surface area contributed by atoms with Gasteiger partial charge < -0.3 is 0 Å². The second-order valence-electron chi connectivity index (χ2n) is 4.39. The van der Waals surface area contributed by atoms with Crippen molar-refractivity contribution >= 4 is 5.91 Å². The predicted molar refractivity (Wildman–Crippen MR) is 70.3 cm³/mol. The van der Waals surface area contributed by atoms with Gasteiger partial charge in [-0.3, -0.25) is 14.9 Å². The Bertz CT molecular complexity index is 421. The summed E-state index contributed by atoms with van der Waals surface area (Å²) in [5.41, 5.74) is 2.64. The summed E-state index contributed by atoms with van der Waals surface area (Å²) in [6.07, 6.45) is 5.14. The van der Waals surface area contributed by atoms with Crippen LogP contribution in [0.1, 0.15) is 19.4 Å². The molecule has 0 aliphatic carbocycles. The molecular weight excluding hydrogens is 228 g/mol. The van der Waals surface area contributed by atoms with Crippen LogP contribution in [0.15, 0.2) is 30.3 Å². The highest BCUT2D eigenvalue weighted by atomic mass is 16.6. The van der Waals surface area contributed by atoms with E-state index >= 15 is 0 Å². The average Bonchev–Trinajstić information content (AvgIpc) is 2.37. The number of carbonyl (C=O) groups excluding carboxylic acids is 1. The molecular formula is C14H18N2O2. The summed E-state index contributed by atoms with van der Waals surface area (Å²) < 4.78 is 0. The second-order valence-corrected chi connectivity index (χ2v) is 4.39. The SMILES string of the molecule is C#CCNC(C)(C)C(=O)NOCc1ccccc1. The third-order valence-electron chi connectivity index (χ3n) is 2.45. The fourth-order valence-corrected chi connectivity index (χ4v) is 1.24. The Labute approximate surface area is 108 Å². The maximum Gasteiger partial charge on any atom is 0.263 e. The number of terminal acetylenes is 1. The summed E-state index contributed by atoms with van der Waals surface area (Å²) in [5, 5.41) is 2.93. The standard InChI is InChI=1S/C14H18N2O2/c1-4-10-15-14(2,3)13(17)16-18-11-12-8-6-5-7-9-12/h1,5-9,15H,10-11H2,2-3H3,(H,16,17). The molecule has 0 bridgehead atoms. The topological polar surface area (TPSA) is 50.4 Å². The molecule has 0 heterocycles. The van der Waals surface area contributed by atoms with Gasteiger partial charge in [-0.05, 0) is 19.4 Å². The molecule has 1 aromatic carbocycles. The molecule has 18 heavy (non-hydrogen) atoms. The van der Waals surface area contributed by atoms with Crippen LogP contribution < -0.4 is 10.8 Å². The Kier molecular flexibility index (Phi) is 5.37. The van der Waals surface area contributed by atoms with E-state index in [1.165, 1.54) is 0 Å². The number of hydrogen-bond acceptors (Lipinski definition) is 3. The number of amides is 1. The molecule has 96 valence electrons. The second kappa shape index (κ2) is 6.80. The van der Waals surface area contributed by atoms with E-state index < -0.39 is 5.54 Å². The van der Waals surface area contributed by atoms with Crippen molar-refractivity contribution in [2.75, 3.05) is 6.54 Å². The van der Waals surface area contributed by atoms with E-state index in [9.17, 15) is 4.79 Å². The maximum absolute atomic E-state index is 11.8. The fourth-order valence-electron chi connectivity index (χ4n) is 1.24. The molecule has 0 saturated heterocycles. The highest BCUT2D eigenvalue weighted by molar-refractivity contribution is 5.84. The summed E-state index contributed by atoms with van der Waals surface area (Å²) in [4.78, 5) is 17.0. The van der Waals surface area contributed by atoms with Gasteiger partial charge in [-0.1, -0.05) is 36.3 Å². The molecule has 0 saturated carbocycles. The summed E-state index contributed by atoms with van der Waals surface area (Å²) in [5.74, 6) is 2.17. The van der Waals surface area contributed by atoms with Crippen molar-refractivity contribution in [3.63, 3.8) is 0 Å². The van der Waals surface area contributed by atoms with Crippen molar-refractivity contribution in [1.82, 2.24) is 10.8 Å². The molecule has 4 heteroatoms. The molecule has 0 aromatic heterocycles. The van der Waals surface area contributed by atoms with E-state index in [1.54, 1.807) is 13.8 Å². The van der Waals surface area contributed by atoms with Gasteiger partial charge in [-0.25, -0.2) is 5.48 Å². The van der Waals surface area contributed by atoms with Gasteiger partial charge in [0.2, 0.25) is 0 Å². The van der Waals surface area contributed by atoms with Gasteiger partial charge in [0.1, 0.15) is 0 Å². The van der Waals surface area contributed by atoms with Crippen LogP contribution in [0.5, 0.6) is 0 Å². The first-order chi connectivity index (χ1) is 8.56. The van der Waals surface area contributed by atoms with Crippen molar-refractivity contribution in [1.29, 1.82) is 0 Å². The van der Waals surface area contributed by atoms with Crippen LogP contribution in [0.2, 0.25) is 0 Å². The monoisotopic (exact) mass is 246 g/mol. The van der Waals surface area contributed by atoms with Crippen molar-refractivity contribution in [2.45, 2.75) is 26.0 Å². The highest BCUT2D eigenvalue weighted by Crippen LogP contribution is 2.03. The first-order valence-corrected chi connectivity index (χ1v) is 5.71. The minimum absolute atomic E-state index is 0.256. The Morgan fingerprint density at radius 3 is 2.67 bits per heavy atom. The molecule has 1 aromatic rings.